The van der Waals surface area contributed by atoms with Gasteiger partial charge in [-0.15, -0.1) is 0 Å². The fourth-order valence-electron chi connectivity index (χ4n) is 1.97. The second kappa shape index (κ2) is 7.53. The van der Waals surface area contributed by atoms with Crippen molar-refractivity contribution in [3.63, 3.8) is 0 Å². The van der Waals surface area contributed by atoms with E-state index in [-0.39, 0.29) is 6.09 Å². The molecular formula is C17H20BNO2. The second-order valence-electron chi connectivity index (χ2n) is 5.20. The number of carbonyl (C=O) groups is 1. The van der Waals surface area contributed by atoms with Crippen LogP contribution in [0.1, 0.15) is 11.1 Å². The summed E-state index contributed by atoms with van der Waals surface area (Å²) in [5, 5.41) is 0. The molecule has 0 saturated carbocycles. The van der Waals surface area contributed by atoms with E-state index in [0.717, 1.165) is 12.0 Å². The van der Waals surface area contributed by atoms with Crippen LogP contribution in [-0.4, -0.2) is 32.4 Å². The Bertz CT molecular complexity index is 569. The molecule has 2 aromatic rings. The molecule has 0 aromatic heterocycles. The van der Waals surface area contributed by atoms with Crippen LogP contribution in [0.15, 0.2) is 54.6 Å². The first kappa shape index (κ1) is 15.2. The molecule has 0 aliphatic carbocycles. The molecule has 0 atom stereocenters. The fourth-order valence-corrected chi connectivity index (χ4v) is 1.97. The van der Waals surface area contributed by atoms with Gasteiger partial charge in [0.05, 0.1) is 0 Å². The lowest BCUT2D eigenvalue weighted by atomic mass is 9.95. The van der Waals surface area contributed by atoms with Crippen LogP contribution >= 0.6 is 0 Å². The largest absolute Gasteiger partial charge is 0.445 e. The van der Waals surface area contributed by atoms with E-state index in [9.17, 15) is 4.79 Å². The molecule has 2 aromatic carbocycles. The van der Waals surface area contributed by atoms with Crippen LogP contribution in [0.4, 0.5) is 4.79 Å². The van der Waals surface area contributed by atoms with Gasteiger partial charge < -0.3 is 9.64 Å². The minimum atomic E-state index is -0.286. The number of nitrogens with zero attached hydrogens (tertiary/aromatic N) is 1. The van der Waals surface area contributed by atoms with E-state index in [1.807, 2.05) is 30.3 Å². The number of carbonyl (C=O) groups excluding carboxylic acids is 1. The van der Waals surface area contributed by atoms with Crippen LogP contribution in [0.2, 0.25) is 0 Å². The summed E-state index contributed by atoms with van der Waals surface area (Å²) in [7, 11) is 3.83. The van der Waals surface area contributed by atoms with Gasteiger partial charge in [0.25, 0.3) is 0 Å². The third-order valence-corrected chi connectivity index (χ3v) is 3.37. The van der Waals surface area contributed by atoms with E-state index >= 15 is 0 Å². The standard InChI is InChI=1S/C17H20BNO2/c1-19(12-11-14-7-9-16(18)10-8-14)17(20)21-13-15-5-3-2-4-6-15/h2-10H,11-13,18H2,1H3. The number of ether oxygens (including phenoxy) is 1. The van der Waals surface area contributed by atoms with Gasteiger partial charge in [-0.3, -0.25) is 0 Å². The lowest BCUT2D eigenvalue weighted by Gasteiger charge is -2.17. The number of benzene rings is 2. The SMILES string of the molecule is Bc1ccc(CCN(C)C(=O)OCc2ccccc2)cc1. The van der Waals surface area contributed by atoms with Crippen molar-refractivity contribution in [3.05, 3.63) is 65.7 Å². The predicted molar refractivity (Wildman–Crippen MR) is 87.6 cm³/mol. The Hall–Kier alpha value is -2.23. The monoisotopic (exact) mass is 281 g/mol. The molecule has 0 N–H and O–H groups in total. The highest BCUT2D eigenvalue weighted by Crippen LogP contribution is 2.04. The van der Waals surface area contributed by atoms with Crippen molar-refractivity contribution >= 4 is 19.4 Å². The minimum absolute atomic E-state index is 0.286. The molecule has 0 unspecified atom stereocenters. The summed E-state index contributed by atoms with van der Waals surface area (Å²) in [6, 6.07) is 18.1. The first-order chi connectivity index (χ1) is 10.1. The Morgan fingerprint density at radius 3 is 2.38 bits per heavy atom. The molecule has 0 radical (unpaired) electrons. The molecule has 4 heteroatoms. The Kier molecular flexibility index (Phi) is 5.44. The van der Waals surface area contributed by atoms with Crippen molar-refractivity contribution in [1.82, 2.24) is 4.90 Å². The topological polar surface area (TPSA) is 29.5 Å². The summed E-state index contributed by atoms with van der Waals surface area (Å²) in [6.07, 6.45) is 0.544. The highest BCUT2D eigenvalue weighted by molar-refractivity contribution is 6.32. The molecule has 0 aliphatic rings. The lowest BCUT2D eigenvalue weighted by Crippen LogP contribution is -2.29. The Labute approximate surface area is 126 Å². The molecule has 0 aliphatic heterocycles. The maximum absolute atomic E-state index is 11.9. The van der Waals surface area contributed by atoms with Crippen LogP contribution < -0.4 is 5.46 Å². The molecule has 0 spiro atoms. The number of amides is 1. The van der Waals surface area contributed by atoms with Gasteiger partial charge in [-0.2, -0.15) is 0 Å². The highest BCUT2D eigenvalue weighted by Gasteiger charge is 2.09. The number of likely N-dealkylation sites (N-methyl/N-ethyl adjacent to an activating group) is 1. The van der Waals surface area contributed by atoms with Gasteiger partial charge in [0.2, 0.25) is 0 Å². The summed E-state index contributed by atoms with van der Waals surface area (Å²) in [5.41, 5.74) is 3.47. The summed E-state index contributed by atoms with van der Waals surface area (Å²) < 4.78 is 5.28. The van der Waals surface area contributed by atoms with Gasteiger partial charge >= 0.3 is 6.09 Å². The molecule has 3 nitrogen and oxygen atoms in total. The van der Waals surface area contributed by atoms with E-state index in [1.54, 1.807) is 11.9 Å². The van der Waals surface area contributed by atoms with Crippen molar-refractivity contribution < 1.29 is 9.53 Å². The molecule has 0 saturated heterocycles. The van der Waals surface area contributed by atoms with Gasteiger partial charge in [0, 0.05) is 13.6 Å². The Morgan fingerprint density at radius 1 is 1.05 bits per heavy atom. The zero-order valence-corrected chi connectivity index (χ0v) is 12.6. The quantitative estimate of drug-likeness (QED) is 0.782. The first-order valence-corrected chi connectivity index (χ1v) is 7.12. The Balaban J connectivity index is 1.76. The smallest absolute Gasteiger partial charge is 0.409 e. The molecule has 0 heterocycles. The van der Waals surface area contributed by atoms with Crippen LogP contribution in [0, 0.1) is 0 Å². The molecule has 108 valence electrons. The van der Waals surface area contributed by atoms with Crippen LogP contribution in [0.3, 0.4) is 0 Å². The zero-order chi connectivity index (χ0) is 15.1. The maximum Gasteiger partial charge on any atom is 0.409 e. The molecule has 0 fully saturated rings. The van der Waals surface area contributed by atoms with E-state index in [1.165, 1.54) is 11.0 Å². The second-order valence-corrected chi connectivity index (χ2v) is 5.20. The van der Waals surface area contributed by atoms with Gasteiger partial charge in [-0.25, -0.2) is 4.79 Å². The summed E-state index contributed by atoms with van der Waals surface area (Å²) in [5.74, 6) is 0. The predicted octanol–water partition coefficient (Wildman–Crippen LogP) is 1.76. The average Bonchev–Trinajstić information content (AvgIpc) is 2.52. The molecule has 21 heavy (non-hydrogen) atoms. The molecule has 2 rings (SSSR count). The fraction of sp³-hybridized carbons (Fsp3) is 0.235. The summed E-state index contributed by atoms with van der Waals surface area (Å²) in [4.78, 5) is 13.5. The van der Waals surface area contributed by atoms with Gasteiger partial charge in [-0.05, 0) is 17.5 Å². The third-order valence-electron chi connectivity index (χ3n) is 3.37. The van der Waals surface area contributed by atoms with Crippen molar-refractivity contribution in [2.24, 2.45) is 0 Å². The molecule has 1 amide bonds. The normalized spacial score (nSPS) is 10.1. The van der Waals surface area contributed by atoms with Crippen molar-refractivity contribution in [2.75, 3.05) is 13.6 Å². The third kappa shape index (κ3) is 4.99. The first-order valence-electron chi connectivity index (χ1n) is 7.12. The van der Waals surface area contributed by atoms with E-state index in [2.05, 4.69) is 32.1 Å². The lowest BCUT2D eigenvalue weighted by molar-refractivity contribution is 0.105. The number of hydrogen-bond acceptors (Lipinski definition) is 2. The van der Waals surface area contributed by atoms with E-state index in [0.29, 0.717) is 13.2 Å². The van der Waals surface area contributed by atoms with Gasteiger partial charge in [0.15, 0.2) is 0 Å². The Morgan fingerprint density at radius 2 is 1.71 bits per heavy atom. The van der Waals surface area contributed by atoms with E-state index in [4.69, 9.17) is 4.74 Å². The summed E-state index contributed by atoms with van der Waals surface area (Å²) in [6.45, 7) is 0.964. The summed E-state index contributed by atoms with van der Waals surface area (Å²) >= 11 is 0. The highest BCUT2D eigenvalue weighted by atomic mass is 16.6. The van der Waals surface area contributed by atoms with Crippen LogP contribution in [0.5, 0.6) is 0 Å². The van der Waals surface area contributed by atoms with Crippen LogP contribution in [-0.2, 0) is 17.8 Å². The average molecular weight is 281 g/mol. The molecule has 0 bridgehead atoms. The zero-order valence-electron chi connectivity index (χ0n) is 12.6. The van der Waals surface area contributed by atoms with Crippen molar-refractivity contribution in [1.29, 1.82) is 0 Å². The molecular weight excluding hydrogens is 261 g/mol. The van der Waals surface area contributed by atoms with E-state index < -0.39 is 0 Å². The van der Waals surface area contributed by atoms with Crippen LogP contribution in [0.25, 0.3) is 0 Å². The van der Waals surface area contributed by atoms with Crippen molar-refractivity contribution in [2.45, 2.75) is 13.0 Å². The van der Waals surface area contributed by atoms with Crippen molar-refractivity contribution in [3.8, 4) is 0 Å². The maximum atomic E-state index is 11.9. The minimum Gasteiger partial charge on any atom is -0.445 e. The number of hydrogen-bond donors (Lipinski definition) is 0. The van der Waals surface area contributed by atoms with Gasteiger partial charge in [0.1, 0.15) is 14.5 Å². The number of rotatable bonds is 5. The van der Waals surface area contributed by atoms with Gasteiger partial charge in [-0.1, -0.05) is 60.1 Å².